The standard InChI is InChI=1S/C36H41N3O6S/c1-36(2,3)37-35(41)32(23-27-15-9-6-10-16-27)38(25-28-17-11-7-12-18-28)34(40)26-39(46(42,43)30-19-13-8-14-20-30)31-24-29(44-4)21-22-33(31)45-5/h6-22,24,32H,23,25-26H2,1-5H3,(H,37,41)/t32-/m1/s1. The Hall–Kier alpha value is -4.83. The Kier molecular flexibility index (Phi) is 11.1. The molecule has 0 aliphatic heterocycles. The molecule has 9 nitrogen and oxygen atoms in total. The zero-order valence-corrected chi connectivity index (χ0v) is 27.7. The van der Waals surface area contributed by atoms with Gasteiger partial charge in [-0.3, -0.25) is 13.9 Å². The van der Waals surface area contributed by atoms with Crippen LogP contribution in [0.25, 0.3) is 0 Å². The van der Waals surface area contributed by atoms with Gasteiger partial charge in [-0.15, -0.1) is 0 Å². The first-order valence-corrected chi connectivity index (χ1v) is 16.4. The van der Waals surface area contributed by atoms with Crippen molar-refractivity contribution in [3.05, 3.63) is 120 Å². The van der Waals surface area contributed by atoms with Crippen LogP contribution in [0.2, 0.25) is 0 Å². The van der Waals surface area contributed by atoms with E-state index in [1.54, 1.807) is 30.3 Å². The monoisotopic (exact) mass is 643 g/mol. The first-order valence-electron chi connectivity index (χ1n) is 14.9. The van der Waals surface area contributed by atoms with Crippen molar-refractivity contribution in [2.45, 2.75) is 50.2 Å². The molecule has 0 radical (unpaired) electrons. The van der Waals surface area contributed by atoms with Gasteiger partial charge in [-0.25, -0.2) is 8.42 Å². The molecule has 0 heterocycles. The van der Waals surface area contributed by atoms with E-state index in [0.29, 0.717) is 5.75 Å². The minimum atomic E-state index is -4.30. The van der Waals surface area contributed by atoms with Crippen molar-refractivity contribution in [2.75, 3.05) is 25.1 Å². The van der Waals surface area contributed by atoms with Gasteiger partial charge >= 0.3 is 0 Å². The minimum Gasteiger partial charge on any atom is -0.497 e. The third kappa shape index (κ3) is 8.66. The van der Waals surface area contributed by atoms with Crippen LogP contribution in [0.15, 0.2) is 114 Å². The molecule has 0 spiro atoms. The average Bonchev–Trinajstić information content (AvgIpc) is 3.05. The van der Waals surface area contributed by atoms with Gasteiger partial charge in [-0.05, 0) is 56.2 Å². The second kappa shape index (κ2) is 15.0. The predicted octanol–water partition coefficient (Wildman–Crippen LogP) is 5.45. The van der Waals surface area contributed by atoms with Crippen LogP contribution in [0.3, 0.4) is 0 Å². The van der Waals surface area contributed by atoms with Crippen LogP contribution >= 0.6 is 0 Å². The van der Waals surface area contributed by atoms with Crippen LogP contribution in [0, 0.1) is 0 Å². The maximum Gasteiger partial charge on any atom is 0.264 e. The lowest BCUT2D eigenvalue weighted by atomic mass is 10.0. The minimum absolute atomic E-state index is 0.00593. The number of carbonyl (C=O) groups is 2. The molecule has 1 atom stereocenters. The van der Waals surface area contributed by atoms with Gasteiger partial charge in [-0.2, -0.15) is 0 Å². The number of hydrogen-bond acceptors (Lipinski definition) is 6. The van der Waals surface area contributed by atoms with Crippen molar-refractivity contribution in [1.82, 2.24) is 10.2 Å². The molecule has 0 aliphatic carbocycles. The van der Waals surface area contributed by atoms with Crippen LogP contribution < -0.4 is 19.1 Å². The van der Waals surface area contributed by atoms with E-state index in [-0.39, 0.29) is 35.2 Å². The number of rotatable bonds is 13. The molecule has 10 heteroatoms. The number of anilines is 1. The Balaban J connectivity index is 1.86. The lowest BCUT2D eigenvalue weighted by Gasteiger charge is -2.35. The number of amides is 2. The highest BCUT2D eigenvalue weighted by atomic mass is 32.2. The zero-order chi connectivity index (χ0) is 33.3. The number of nitrogens with one attached hydrogen (secondary N) is 1. The van der Waals surface area contributed by atoms with Crippen molar-refractivity contribution in [1.29, 1.82) is 0 Å². The molecule has 1 N–H and O–H groups in total. The molecular formula is C36H41N3O6S. The quantitative estimate of drug-likeness (QED) is 0.208. The molecule has 0 unspecified atom stereocenters. The molecule has 0 bridgehead atoms. The summed E-state index contributed by atoms with van der Waals surface area (Å²) in [6, 6.07) is 30.4. The van der Waals surface area contributed by atoms with E-state index in [9.17, 15) is 18.0 Å². The summed E-state index contributed by atoms with van der Waals surface area (Å²) >= 11 is 0. The summed E-state index contributed by atoms with van der Waals surface area (Å²) < 4.78 is 40.6. The summed E-state index contributed by atoms with van der Waals surface area (Å²) in [7, 11) is -1.40. The summed E-state index contributed by atoms with van der Waals surface area (Å²) in [6.07, 6.45) is 0.218. The molecule has 0 aliphatic rings. The van der Waals surface area contributed by atoms with Gasteiger partial charge < -0.3 is 19.7 Å². The predicted molar refractivity (Wildman–Crippen MR) is 179 cm³/mol. The molecule has 0 saturated carbocycles. The van der Waals surface area contributed by atoms with Crippen molar-refractivity contribution >= 4 is 27.5 Å². The Bertz CT molecular complexity index is 1710. The topological polar surface area (TPSA) is 105 Å². The summed E-state index contributed by atoms with van der Waals surface area (Å²) in [4.78, 5) is 30.1. The molecule has 242 valence electrons. The Morgan fingerprint density at radius 3 is 1.89 bits per heavy atom. The average molecular weight is 644 g/mol. The van der Waals surface area contributed by atoms with Gasteiger partial charge in [0.1, 0.15) is 24.1 Å². The Labute approximate surface area is 271 Å². The van der Waals surface area contributed by atoms with Crippen molar-refractivity contribution in [3.8, 4) is 11.5 Å². The van der Waals surface area contributed by atoms with Crippen LogP contribution in [-0.4, -0.2) is 57.5 Å². The zero-order valence-electron chi connectivity index (χ0n) is 26.8. The highest BCUT2D eigenvalue weighted by Crippen LogP contribution is 2.36. The number of sulfonamides is 1. The van der Waals surface area contributed by atoms with Crippen molar-refractivity contribution in [3.63, 3.8) is 0 Å². The third-order valence-electron chi connectivity index (χ3n) is 7.23. The lowest BCUT2D eigenvalue weighted by Crippen LogP contribution is -2.56. The number of hydrogen-bond donors (Lipinski definition) is 1. The van der Waals surface area contributed by atoms with E-state index in [2.05, 4.69) is 5.32 Å². The van der Waals surface area contributed by atoms with E-state index in [1.165, 1.54) is 37.3 Å². The first kappa shape index (κ1) is 34.1. The van der Waals surface area contributed by atoms with Crippen LogP contribution in [0.1, 0.15) is 31.9 Å². The summed E-state index contributed by atoms with van der Waals surface area (Å²) in [6.45, 7) is 5.08. The van der Waals surface area contributed by atoms with Gasteiger partial charge in [0.2, 0.25) is 11.8 Å². The number of benzene rings is 4. The molecule has 2 amide bonds. The highest BCUT2D eigenvalue weighted by molar-refractivity contribution is 7.92. The van der Waals surface area contributed by atoms with Gasteiger partial charge in [0.25, 0.3) is 10.0 Å². The van der Waals surface area contributed by atoms with E-state index < -0.39 is 34.1 Å². The molecule has 46 heavy (non-hydrogen) atoms. The fourth-order valence-electron chi connectivity index (χ4n) is 5.01. The van der Waals surface area contributed by atoms with Crippen LogP contribution in [0.4, 0.5) is 5.69 Å². The Morgan fingerprint density at radius 1 is 0.783 bits per heavy atom. The third-order valence-corrected chi connectivity index (χ3v) is 9.00. The molecule has 4 aromatic carbocycles. The van der Waals surface area contributed by atoms with E-state index in [0.717, 1.165) is 15.4 Å². The largest absolute Gasteiger partial charge is 0.497 e. The molecule has 4 aromatic rings. The number of methoxy groups -OCH3 is 2. The fourth-order valence-corrected chi connectivity index (χ4v) is 6.45. The second-order valence-corrected chi connectivity index (χ2v) is 13.7. The Morgan fingerprint density at radius 2 is 1.35 bits per heavy atom. The van der Waals surface area contributed by atoms with Crippen molar-refractivity contribution in [2.24, 2.45) is 0 Å². The van der Waals surface area contributed by atoms with Gasteiger partial charge in [-0.1, -0.05) is 78.9 Å². The second-order valence-electron chi connectivity index (χ2n) is 11.8. The van der Waals surface area contributed by atoms with Gasteiger partial charge in [0, 0.05) is 24.6 Å². The van der Waals surface area contributed by atoms with E-state index in [1.807, 2.05) is 81.4 Å². The maximum absolute atomic E-state index is 14.6. The molecule has 0 saturated heterocycles. The van der Waals surface area contributed by atoms with Crippen molar-refractivity contribution < 1.29 is 27.5 Å². The first-order chi connectivity index (χ1) is 21.9. The molecule has 4 rings (SSSR count). The summed E-state index contributed by atoms with van der Waals surface area (Å²) in [5.74, 6) is -0.312. The SMILES string of the molecule is COc1ccc(OC)c(N(CC(=O)N(Cc2ccccc2)[C@H](Cc2ccccc2)C(=O)NC(C)(C)C)S(=O)(=O)c2ccccc2)c1. The van der Waals surface area contributed by atoms with Crippen LogP contribution in [0.5, 0.6) is 11.5 Å². The van der Waals surface area contributed by atoms with E-state index >= 15 is 0 Å². The fraction of sp³-hybridized carbons (Fsp3) is 0.278. The van der Waals surface area contributed by atoms with E-state index in [4.69, 9.17) is 9.47 Å². The number of nitrogens with zero attached hydrogens (tertiary/aromatic N) is 2. The molecular weight excluding hydrogens is 602 g/mol. The lowest BCUT2D eigenvalue weighted by molar-refractivity contribution is -0.140. The van der Waals surface area contributed by atoms with Crippen LogP contribution in [-0.2, 0) is 32.6 Å². The number of carbonyl (C=O) groups excluding carboxylic acids is 2. The normalized spacial score (nSPS) is 12.1. The highest BCUT2D eigenvalue weighted by Gasteiger charge is 2.36. The maximum atomic E-state index is 14.6. The van der Waals surface area contributed by atoms with Gasteiger partial charge in [0.05, 0.1) is 24.8 Å². The number of ether oxygens (including phenoxy) is 2. The smallest absolute Gasteiger partial charge is 0.264 e. The molecule has 0 fully saturated rings. The van der Waals surface area contributed by atoms with Gasteiger partial charge in [0.15, 0.2) is 0 Å². The summed E-state index contributed by atoms with van der Waals surface area (Å²) in [5, 5.41) is 3.03. The molecule has 0 aromatic heterocycles. The summed E-state index contributed by atoms with van der Waals surface area (Å²) in [5.41, 5.74) is 1.18.